The SMILES string of the molecule is CCNC1CCCCCC1N(C)CCS(C)(=O)=O. The molecule has 0 aromatic rings. The van der Waals surface area contributed by atoms with Crippen LogP contribution in [0.3, 0.4) is 0 Å². The number of sulfone groups is 1. The minimum atomic E-state index is -2.86. The van der Waals surface area contributed by atoms with E-state index in [-0.39, 0.29) is 5.75 Å². The maximum atomic E-state index is 11.3. The topological polar surface area (TPSA) is 49.4 Å². The number of rotatable bonds is 6. The second-order valence-electron chi connectivity index (χ2n) is 5.48. The summed E-state index contributed by atoms with van der Waals surface area (Å²) in [6.45, 7) is 3.77. The number of nitrogens with zero attached hydrogens (tertiary/aromatic N) is 1. The number of likely N-dealkylation sites (N-methyl/N-ethyl adjacent to an activating group) is 2. The zero-order chi connectivity index (χ0) is 13.6. The molecule has 1 aliphatic carbocycles. The summed E-state index contributed by atoms with van der Waals surface area (Å²) in [5.74, 6) is 0.263. The monoisotopic (exact) mass is 276 g/mol. The molecule has 0 saturated heterocycles. The molecule has 0 bridgehead atoms. The molecule has 0 aromatic carbocycles. The molecule has 1 aliphatic rings. The molecule has 0 aliphatic heterocycles. The van der Waals surface area contributed by atoms with Crippen molar-refractivity contribution in [1.82, 2.24) is 10.2 Å². The molecule has 0 amide bonds. The maximum absolute atomic E-state index is 11.3. The third-order valence-electron chi connectivity index (χ3n) is 3.83. The third kappa shape index (κ3) is 5.67. The molecule has 2 atom stereocenters. The maximum Gasteiger partial charge on any atom is 0.148 e. The van der Waals surface area contributed by atoms with Gasteiger partial charge >= 0.3 is 0 Å². The fourth-order valence-corrected chi connectivity index (χ4v) is 3.41. The van der Waals surface area contributed by atoms with Crippen LogP contribution in [0.25, 0.3) is 0 Å². The zero-order valence-corrected chi connectivity index (χ0v) is 12.8. The molecular weight excluding hydrogens is 248 g/mol. The van der Waals surface area contributed by atoms with Crippen LogP contribution in [0.4, 0.5) is 0 Å². The molecule has 0 aromatic heterocycles. The van der Waals surface area contributed by atoms with Crippen molar-refractivity contribution in [2.45, 2.75) is 51.1 Å². The molecule has 5 heteroatoms. The highest BCUT2D eigenvalue weighted by Crippen LogP contribution is 2.21. The number of nitrogens with one attached hydrogen (secondary N) is 1. The van der Waals surface area contributed by atoms with Crippen molar-refractivity contribution in [3.63, 3.8) is 0 Å². The summed E-state index contributed by atoms with van der Waals surface area (Å²) >= 11 is 0. The summed E-state index contributed by atoms with van der Waals surface area (Å²) in [5, 5.41) is 3.56. The van der Waals surface area contributed by atoms with Gasteiger partial charge in [0.2, 0.25) is 0 Å². The van der Waals surface area contributed by atoms with Gasteiger partial charge in [0, 0.05) is 24.9 Å². The van der Waals surface area contributed by atoms with Crippen LogP contribution in [0, 0.1) is 0 Å². The summed E-state index contributed by atoms with van der Waals surface area (Å²) in [7, 11) is -0.798. The van der Waals surface area contributed by atoms with Gasteiger partial charge in [0.05, 0.1) is 5.75 Å². The Bertz CT molecular complexity index is 330. The number of hydrogen-bond donors (Lipinski definition) is 1. The minimum absolute atomic E-state index is 0.263. The quantitative estimate of drug-likeness (QED) is 0.742. The van der Waals surface area contributed by atoms with Crippen LogP contribution in [0.2, 0.25) is 0 Å². The van der Waals surface area contributed by atoms with Gasteiger partial charge in [-0.15, -0.1) is 0 Å². The van der Waals surface area contributed by atoms with Gasteiger partial charge in [0.25, 0.3) is 0 Å². The Hall–Kier alpha value is -0.130. The average molecular weight is 276 g/mol. The van der Waals surface area contributed by atoms with Crippen LogP contribution in [0.5, 0.6) is 0 Å². The summed E-state index contributed by atoms with van der Waals surface area (Å²) in [5.41, 5.74) is 0. The molecule has 1 rings (SSSR count). The van der Waals surface area contributed by atoms with Gasteiger partial charge in [-0.3, -0.25) is 0 Å². The highest BCUT2D eigenvalue weighted by Gasteiger charge is 2.26. The van der Waals surface area contributed by atoms with Crippen molar-refractivity contribution in [1.29, 1.82) is 0 Å². The van der Waals surface area contributed by atoms with E-state index in [1.807, 2.05) is 0 Å². The van der Waals surface area contributed by atoms with Crippen molar-refractivity contribution in [2.75, 3.05) is 32.1 Å². The minimum Gasteiger partial charge on any atom is -0.313 e. The molecule has 4 nitrogen and oxygen atoms in total. The lowest BCUT2D eigenvalue weighted by atomic mass is 10.0. The molecule has 1 fully saturated rings. The summed E-state index contributed by atoms with van der Waals surface area (Å²) in [6.07, 6.45) is 7.55. The summed E-state index contributed by atoms with van der Waals surface area (Å²) in [4.78, 5) is 2.24. The lowest BCUT2D eigenvalue weighted by molar-refractivity contribution is 0.192. The van der Waals surface area contributed by atoms with Crippen molar-refractivity contribution in [3.05, 3.63) is 0 Å². The molecule has 0 heterocycles. The highest BCUT2D eigenvalue weighted by atomic mass is 32.2. The first kappa shape index (κ1) is 15.9. The normalized spacial score (nSPS) is 26.2. The first-order valence-electron chi connectivity index (χ1n) is 7.05. The molecule has 1 saturated carbocycles. The van der Waals surface area contributed by atoms with Crippen LogP contribution >= 0.6 is 0 Å². The van der Waals surface area contributed by atoms with Gasteiger partial charge in [-0.25, -0.2) is 8.42 Å². The number of hydrogen-bond acceptors (Lipinski definition) is 4. The Morgan fingerprint density at radius 3 is 2.50 bits per heavy atom. The van der Waals surface area contributed by atoms with Crippen LogP contribution in [0.15, 0.2) is 0 Å². The smallest absolute Gasteiger partial charge is 0.148 e. The Balaban J connectivity index is 2.57. The van der Waals surface area contributed by atoms with Gasteiger partial charge < -0.3 is 10.2 Å². The second-order valence-corrected chi connectivity index (χ2v) is 7.74. The molecular formula is C13H28N2O2S. The first-order valence-corrected chi connectivity index (χ1v) is 9.11. The Morgan fingerprint density at radius 1 is 1.22 bits per heavy atom. The fraction of sp³-hybridized carbons (Fsp3) is 1.00. The largest absolute Gasteiger partial charge is 0.313 e. The zero-order valence-electron chi connectivity index (χ0n) is 12.0. The lowest BCUT2D eigenvalue weighted by Crippen LogP contribution is -2.49. The predicted octanol–water partition coefficient (Wildman–Crippen LogP) is 1.27. The van der Waals surface area contributed by atoms with Crippen molar-refractivity contribution < 1.29 is 8.42 Å². The van der Waals surface area contributed by atoms with E-state index in [9.17, 15) is 8.42 Å². The van der Waals surface area contributed by atoms with Crippen molar-refractivity contribution in [2.24, 2.45) is 0 Å². The van der Waals surface area contributed by atoms with E-state index in [0.29, 0.717) is 18.6 Å². The Kier molecular flexibility index (Phi) is 6.60. The second kappa shape index (κ2) is 7.46. The molecule has 18 heavy (non-hydrogen) atoms. The van der Waals surface area contributed by atoms with Crippen LogP contribution in [0.1, 0.15) is 39.0 Å². The van der Waals surface area contributed by atoms with E-state index in [1.54, 1.807) is 0 Å². The standard InChI is InChI=1S/C13H28N2O2S/c1-4-14-12-8-6-5-7-9-13(12)15(2)10-11-18(3,16)17/h12-14H,4-11H2,1-3H3. The van der Waals surface area contributed by atoms with Crippen LogP contribution in [-0.2, 0) is 9.84 Å². The first-order chi connectivity index (χ1) is 8.44. The highest BCUT2D eigenvalue weighted by molar-refractivity contribution is 7.90. The van der Waals surface area contributed by atoms with E-state index >= 15 is 0 Å². The Morgan fingerprint density at radius 2 is 1.89 bits per heavy atom. The van der Waals surface area contributed by atoms with Gasteiger partial charge in [-0.1, -0.05) is 26.2 Å². The van der Waals surface area contributed by atoms with E-state index < -0.39 is 9.84 Å². The van der Waals surface area contributed by atoms with E-state index in [1.165, 1.54) is 38.4 Å². The fourth-order valence-electron chi connectivity index (χ4n) is 2.79. The van der Waals surface area contributed by atoms with Gasteiger partial charge in [0.15, 0.2) is 0 Å². The van der Waals surface area contributed by atoms with E-state index in [4.69, 9.17) is 0 Å². The van der Waals surface area contributed by atoms with Gasteiger partial charge in [-0.2, -0.15) is 0 Å². The van der Waals surface area contributed by atoms with Crippen LogP contribution < -0.4 is 5.32 Å². The Labute approximate surface area is 112 Å². The lowest BCUT2D eigenvalue weighted by Gasteiger charge is -2.34. The van der Waals surface area contributed by atoms with Crippen molar-refractivity contribution >= 4 is 9.84 Å². The van der Waals surface area contributed by atoms with Crippen molar-refractivity contribution in [3.8, 4) is 0 Å². The summed E-state index contributed by atoms with van der Waals surface area (Å²) in [6, 6.07) is 0.997. The van der Waals surface area contributed by atoms with Crippen LogP contribution in [-0.4, -0.2) is 57.5 Å². The van der Waals surface area contributed by atoms with Gasteiger partial charge in [0.1, 0.15) is 9.84 Å². The summed E-state index contributed by atoms with van der Waals surface area (Å²) < 4.78 is 22.5. The predicted molar refractivity (Wildman–Crippen MR) is 76.7 cm³/mol. The molecule has 2 unspecified atom stereocenters. The molecule has 1 N–H and O–H groups in total. The average Bonchev–Trinajstić information content (AvgIpc) is 2.51. The molecule has 108 valence electrons. The van der Waals surface area contributed by atoms with E-state index in [0.717, 1.165) is 6.54 Å². The van der Waals surface area contributed by atoms with E-state index in [2.05, 4.69) is 24.2 Å². The third-order valence-corrected chi connectivity index (χ3v) is 4.75. The molecule has 0 radical (unpaired) electrons. The molecule has 0 spiro atoms. The van der Waals surface area contributed by atoms with Gasteiger partial charge in [-0.05, 0) is 26.4 Å².